The average Bonchev–Trinajstić information content (AvgIpc) is 2.54. The lowest BCUT2D eigenvalue weighted by molar-refractivity contribution is 1.04. The van der Waals surface area contributed by atoms with E-state index in [0.29, 0.717) is 0 Å². The molecule has 0 fully saturated rings. The van der Waals surface area contributed by atoms with Crippen molar-refractivity contribution in [2.45, 2.75) is 20.3 Å². The monoisotopic (exact) mass is 160 g/mol. The summed E-state index contributed by atoms with van der Waals surface area (Å²) < 4.78 is 2.12. The van der Waals surface area contributed by atoms with Crippen molar-refractivity contribution in [3.63, 3.8) is 0 Å². The summed E-state index contributed by atoms with van der Waals surface area (Å²) in [5, 5.41) is 0. The molecule has 0 aliphatic rings. The van der Waals surface area contributed by atoms with E-state index in [4.69, 9.17) is 0 Å². The standard InChI is InChI=1S/C10H12N2/c1-3-9-5-4-8(2)12-7-6-11-10(9)12/h4-7H,3H2,1-2H3. The van der Waals surface area contributed by atoms with Gasteiger partial charge in [0.05, 0.1) is 0 Å². The zero-order chi connectivity index (χ0) is 8.55. The second-order valence-electron chi connectivity index (χ2n) is 2.97. The van der Waals surface area contributed by atoms with Gasteiger partial charge < -0.3 is 4.40 Å². The Bertz CT molecular complexity index is 401. The molecule has 2 aromatic heterocycles. The van der Waals surface area contributed by atoms with Gasteiger partial charge in [-0.15, -0.1) is 0 Å². The SMILES string of the molecule is CCc1ccc(C)n2ccnc12. The average molecular weight is 160 g/mol. The highest BCUT2D eigenvalue weighted by Gasteiger charge is 2.01. The molecule has 0 radical (unpaired) electrons. The Labute approximate surface area is 71.9 Å². The summed E-state index contributed by atoms with van der Waals surface area (Å²) in [6, 6.07) is 4.28. The highest BCUT2D eigenvalue weighted by atomic mass is 15.0. The van der Waals surface area contributed by atoms with Crippen LogP contribution in [0.4, 0.5) is 0 Å². The third-order valence-electron chi connectivity index (χ3n) is 2.21. The van der Waals surface area contributed by atoms with E-state index in [0.717, 1.165) is 12.1 Å². The number of aromatic nitrogens is 2. The molecule has 2 aromatic rings. The maximum Gasteiger partial charge on any atom is 0.140 e. The first-order chi connectivity index (χ1) is 5.83. The molecule has 62 valence electrons. The van der Waals surface area contributed by atoms with Crippen molar-refractivity contribution >= 4 is 5.65 Å². The first kappa shape index (κ1) is 7.35. The largest absolute Gasteiger partial charge is 0.304 e. The molecule has 0 atom stereocenters. The van der Waals surface area contributed by atoms with Gasteiger partial charge in [-0.3, -0.25) is 0 Å². The second-order valence-corrected chi connectivity index (χ2v) is 2.97. The molecule has 2 rings (SSSR count). The third kappa shape index (κ3) is 0.916. The van der Waals surface area contributed by atoms with Gasteiger partial charge in [0, 0.05) is 18.1 Å². The fraction of sp³-hybridized carbons (Fsp3) is 0.300. The highest BCUT2D eigenvalue weighted by molar-refractivity contribution is 5.48. The molecule has 0 saturated heterocycles. The van der Waals surface area contributed by atoms with Gasteiger partial charge in [-0.2, -0.15) is 0 Å². The molecule has 2 heteroatoms. The summed E-state index contributed by atoms with van der Waals surface area (Å²) >= 11 is 0. The lowest BCUT2D eigenvalue weighted by atomic mass is 10.2. The molecule has 0 unspecified atom stereocenters. The topological polar surface area (TPSA) is 17.3 Å². The third-order valence-corrected chi connectivity index (χ3v) is 2.21. The van der Waals surface area contributed by atoms with Gasteiger partial charge in [0.25, 0.3) is 0 Å². The van der Waals surface area contributed by atoms with E-state index in [1.807, 2.05) is 12.4 Å². The van der Waals surface area contributed by atoms with Crippen molar-refractivity contribution < 1.29 is 0 Å². The van der Waals surface area contributed by atoms with Gasteiger partial charge in [-0.25, -0.2) is 4.98 Å². The minimum atomic E-state index is 1.04. The van der Waals surface area contributed by atoms with Gasteiger partial charge in [-0.05, 0) is 25.0 Å². The van der Waals surface area contributed by atoms with Gasteiger partial charge in [0.2, 0.25) is 0 Å². The van der Waals surface area contributed by atoms with Crippen LogP contribution in [-0.4, -0.2) is 9.38 Å². The summed E-state index contributed by atoms with van der Waals surface area (Å²) in [5.74, 6) is 0. The minimum Gasteiger partial charge on any atom is -0.304 e. The Morgan fingerprint density at radius 2 is 2.25 bits per heavy atom. The molecule has 0 bridgehead atoms. The molecule has 2 nitrogen and oxygen atoms in total. The Kier molecular flexibility index (Phi) is 1.61. The van der Waals surface area contributed by atoms with E-state index >= 15 is 0 Å². The summed E-state index contributed by atoms with van der Waals surface area (Å²) in [5.41, 5.74) is 3.64. The van der Waals surface area contributed by atoms with Crippen LogP contribution in [0.5, 0.6) is 0 Å². The predicted molar refractivity (Wildman–Crippen MR) is 49.3 cm³/mol. The Hall–Kier alpha value is -1.31. The quantitative estimate of drug-likeness (QED) is 0.625. The van der Waals surface area contributed by atoms with Crippen molar-refractivity contribution in [2.24, 2.45) is 0 Å². The lowest BCUT2D eigenvalue weighted by Crippen LogP contribution is -1.93. The van der Waals surface area contributed by atoms with Crippen molar-refractivity contribution in [1.29, 1.82) is 0 Å². The number of aryl methyl sites for hydroxylation is 2. The number of pyridine rings is 1. The number of fused-ring (bicyclic) bond motifs is 1. The van der Waals surface area contributed by atoms with Crippen LogP contribution in [0.25, 0.3) is 5.65 Å². The molecule has 0 aliphatic carbocycles. The molecule has 0 aromatic carbocycles. The predicted octanol–water partition coefficient (Wildman–Crippen LogP) is 2.21. The van der Waals surface area contributed by atoms with Crippen LogP contribution in [0.15, 0.2) is 24.5 Å². The first-order valence-electron chi connectivity index (χ1n) is 4.24. The number of rotatable bonds is 1. The van der Waals surface area contributed by atoms with Crippen molar-refractivity contribution in [2.75, 3.05) is 0 Å². The van der Waals surface area contributed by atoms with E-state index in [-0.39, 0.29) is 0 Å². The Morgan fingerprint density at radius 1 is 1.42 bits per heavy atom. The summed E-state index contributed by atoms with van der Waals surface area (Å²) in [7, 11) is 0. The second kappa shape index (κ2) is 2.63. The fourth-order valence-electron chi connectivity index (χ4n) is 1.48. The highest BCUT2D eigenvalue weighted by Crippen LogP contribution is 2.11. The molecule has 0 aliphatic heterocycles. The van der Waals surface area contributed by atoms with Crippen LogP contribution in [0.1, 0.15) is 18.2 Å². The molecule has 0 spiro atoms. The maximum atomic E-state index is 4.31. The number of hydrogen-bond acceptors (Lipinski definition) is 1. The van der Waals surface area contributed by atoms with Crippen molar-refractivity contribution in [1.82, 2.24) is 9.38 Å². The van der Waals surface area contributed by atoms with Crippen LogP contribution in [0.3, 0.4) is 0 Å². The molecular formula is C10H12N2. The van der Waals surface area contributed by atoms with E-state index < -0.39 is 0 Å². The minimum absolute atomic E-state index is 1.04. The lowest BCUT2D eigenvalue weighted by Gasteiger charge is -2.02. The van der Waals surface area contributed by atoms with E-state index in [2.05, 4.69) is 35.4 Å². The van der Waals surface area contributed by atoms with E-state index in [9.17, 15) is 0 Å². The molecule has 0 N–H and O–H groups in total. The van der Waals surface area contributed by atoms with Gasteiger partial charge in [0.1, 0.15) is 5.65 Å². The number of hydrogen-bond donors (Lipinski definition) is 0. The molecular weight excluding hydrogens is 148 g/mol. The Balaban J connectivity index is 2.82. The first-order valence-corrected chi connectivity index (χ1v) is 4.24. The maximum absolute atomic E-state index is 4.31. The van der Waals surface area contributed by atoms with Gasteiger partial charge in [0.15, 0.2) is 0 Å². The van der Waals surface area contributed by atoms with Gasteiger partial charge >= 0.3 is 0 Å². The Morgan fingerprint density at radius 3 is 3.00 bits per heavy atom. The van der Waals surface area contributed by atoms with Crippen LogP contribution >= 0.6 is 0 Å². The van der Waals surface area contributed by atoms with Crippen molar-refractivity contribution in [3.05, 3.63) is 35.8 Å². The van der Waals surface area contributed by atoms with Crippen LogP contribution < -0.4 is 0 Å². The number of imidazole rings is 1. The molecule has 0 saturated carbocycles. The van der Waals surface area contributed by atoms with Gasteiger partial charge in [-0.1, -0.05) is 13.0 Å². The molecule has 0 amide bonds. The molecule has 2 heterocycles. The smallest absolute Gasteiger partial charge is 0.140 e. The number of nitrogens with zero attached hydrogens (tertiary/aromatic N) is 2. The van der Waals surface area contributed by atoms with Crippen LogP contribution in [0.2, 0.25) is 0 Å². The summed E-state index contributed by atoms with van der Waals surface area (Å²) in [6.07, 6.45) is 4.89. The van der Waals surface area contributed by atoms with Crippen molar-refractivity contribution in [3.8, 4) is 0 Å². The van der Waals surface area contributed by atoms with Crippen LogP contribution in [-0.2, 0) is 6.42 Å². The van der Waals surface area contributed by atoms with E-state index in [1.165, 1.54) is 11.3 Å². The molecule has 12 heavy (non-hydrogen) atoms. The zero-order valence-electron chi connectivity index (χ0n) is 7.41. The van der Waals surface area contributed by atoms with E-state index in [1.54, 1.807) is 0 Å². The summed E-state index contributed by atoms with van der Waals surface area (Å²) in [6.45, 7) is 4.24. The normalized spacial score (nSPS) is 10.8. The fourth-order valence-corrected chi connectivity index (χ4v) is 1.48. The zero-order valence-corrected chi connectivity index (χ0v) is 7.41. The van der Waals surface area contributed by atoms with Crippen LogP contribution in [0, 0.1) is 6.92 Å². The summed E-state index contributed by atoms with van der Waals surface area (Å²) in [4.78, 5) is 4.31.